The van der Waals surface area contributed by atoms with Crippen molar-refractivity contribution < 1.29 is 14.3 Å². The van der Waals surface area contributed by atoms with Gasteiger partial charge in [0.1, 0.15) is 11.6 Å². The molecule has 0 bridgehead atoms. The number of carbonyl (C=O) groups is 2. The number of amides is 1. The van der Waals surface area contributed by atoms with E-state index in [0.29, 0.717) is 6.42 Å². The average Bonchev–Trinajstić information content (AvgIpc) is 2.76. The lowest BCUT2D eigenvalue weighted by molar-refractivity contribution is -0.159. The molecule has 0 aromatic rings. The lowest BCUT2D eigenvalue weighted by Gasteiger charge is -2.27. The van der Waals surface area contributed by atoms with Crippen LogP contribution in [-0.4, -0.2) is 36.1 Å². The van der Waals surface area contributed by atoms with Gasteiger partial charge >= 0.3 is 5.97 Å². The van der Waals surface area contributed by atoms with E-state index in [9.17, 15) is 9.59 Å². The zero-order valence-electron chi connectivity index (χ0n) is 15.5. The maximum Gasteiger partial charge on any atom is 0.329 e. The van der Waals surface area contributed by atoms with Crippen molar-refractivity contribution >= 4 is 11.9 Å². The summed E-state index contributed by atoms with van der Waals surface area (Å²) in [7, 11) is 0. The molecule has 1 heterocycles. The maximum atomic E-state index is 12.6. The zero-order valence-corrected chi connectivity index (χ0v) is 15.5. The Labute approximate surface area is 140 Å². The molecule has 3 atom stereocenters. The Bertz CT molecular complexity index is 463. The van der Waals surface area contributed by atoms with Crippen molar-refractivity contribution in [2.75, 3.05) is 6.54 Å². The molecule has 1 fully saturated rings. The van der Waals surface area contributed by atoms with E-state index in [-0.39, 0.29) is 29.8 Å². The molecular weight excluding hydrogens is 292 g/mol. The Kier molecular flexibility index (Phi) is 6.81. The maximum absolute atomic E-state index is 12.6. The molecule has 1 saturated heterocycles. The number of esters is 1. The largest absolute Gasteiger partial charge is 0.458 e. The van der Waals surface area contributed by atoms with Crippen LogP contribution in [0.3, 0.4) is 0 Å². The van der Waals surface area contributed by atoms with Crippen molar-refractivity contribution in [3.05, 3.63) is 11.6 Å². The molecule has 0 spiro atoms. The average molecular weight is 324 g/mol. The van der Waals surface area contributed by atoms with E-state index in [1.165, 1.54) is 5.57 Å². The molecule has 5 heteroatoms. The highest BCUT2D eigenvalue weighted by atomic mass is 16.6. The third kappa shape index (κ3) is 5.98. The first kappa shape index (κ1) is 19.7. The summed E-state index contributed by atoms with van der Waals surface area (Å²) in [6.07, 6.45) is 2.61. The highest BCUT2D eigenvalue weighted by molar-refractivity contribution is 5.88. The molecule has 23 heavy (non-hydrogen) atoms. The summed E-state index contributed by atoms with van der Waals surface area (Å²) in [4.78, 5) is 24.9. The molecule has 1 amide bonds. The lowest BCUT2D eigenvalue weighted by atomic mass is 9.96. The van der Waals surface area contributed by atoms with Gasteiger partial charge in [-0.15, -0.1) is 0 Å². The Morgan fingerprint density at radius 2 is 2.00 bits per heavy atom. The molecule has 0 radical (unpaired) electrons. The quantitative estimate of drug-likeness (QED) is 0.602. The number of nitrogens with one attached hydrogen (secondary N) is 2. The second-order valence-electron chi connectivity index (χ2n) is 7.74. The monoisotopic (exact) mass is 324 g/mol. The van der Waals surface area contributed by atoms with E-state index in [1.807, 2.05) is 54.5 Å². The van der Waals surface area contributed by atoms with Crippen molar-refractivity contribution in [3.8, 4) is 0 Å². The Morgan fingerprint density at radius 3 is 2.43 bits per heavy atom. The third-order valence-electron chi connectivity index (χ3n) is 3.98. The van der Waals surface area contributed by atoms with Gasteiger partial charge < -0.3 is 15.4 Å². The van der Waals surface area contributed by atoms with Gasteiger partial charge in [-0.05, 0) is 40.0 Å². The smallest absolute Gasteiger partial charge is 0.329 e. The summed E-state index contributed by atoms with van der Waals surface area (Å²) in [5.74, 6) is -0.0754. The van der Waals surface area contributed by atoms with Crippen LogP contribution in [0.4, 0.5) is 0 Å². The number of rotatable bonds is 5. The van der Waals surface area contributed by atoms with Gasteiger partial charge in [-0.1, -0.05) is 32.4 Å². The van der Waals surface area contributed by atoms with Gasteiger partial charge in [0.25, 0.3) is 0 Å². The summed E-state index contributed by atoms with van der Waals surface area (Å²) >= 11 is 0. The number of ether oxygens (including phenoxy) is 1. The van der Waals surface area contributed by atoms with Crippen molar-refractivity contribution in [1.82, 2.24) is 10.6 Å². The molecule has 132 valence electrons. The van der Waals surface area contributed by atoms with Gasteiger partial charge in [-0.25, -0.2) is 4.79 Å². The molecule has 5 nitrogen and oxygen atoms in total. The van der Waals surface area contributed by atoms with Crippen LogP contribution in [0, 0.1) is 11.8 Å². The topological polar surface area (TPSA) is 67.4 Å². The molecule has 0 unspecified atom stereocenters. The van der Waals surface area contributed by atoms with Crippen LogP contribution in [0.15, 0.2) is 11.6 Å². The highest BCUT2D eigenvalue weighted by Crippen LogP contribution is 2.21. The van der Waals surface area contributed by atoms with Crippen molar-refractivity contribution in [3.63, 3.8) is 0 Å². The molecule has 2 N–H and O–H groups in total. The van der Waals surface area contributed by atoms with E-state index < -0.39 is 11.6 Å². The van der Waals surface area contributed by atoms with Gasteiger partial charge in [0.15, 0.2) is 0 Å². The minimum Gasteiger partial charge on any atom is -0.458 e. The first-order chi connectivity index (χ1) is 10.5. The first-order valence-electron chi connectivity index (χ1n) is 8.46. The molecule has 1 rings (SSSR count). The van der Waals surface area contributed by atoms with Gasteiger partial charge in [0.05, 0.1) is 6.04 Å². The summed E-state index contributed by atoms with van der Waals surface area (Å²) in [5, 5.41) is 6.11. The number of allylic oxidation sites excluding steroid dienone is 1. The fraction of sp³-hybridized carbons (Fsp3) is 0.778. The van der Waals surface area contributed by atoms with Crippen LogP contribution in [0.2, 0.25) is 0 Å². The Hall–Kier alpha value is -1.36. The molecule has 0 aromatic heterocycles. The van der Waals surface area contributed by atoms with Crippen LogP contribution in [0.5, 0.6) is 0 Å². The molecule has 0 aromatic carbocycles. The third-order valence-corrected chi connectivity index (χ3v) is 3.98. The van der Waals surface area contributed by atoms with E-state index in [4.69, 9.17) is 4.74 Å². The normalized spacial score (nSPS) is 24.8. The first-order valence-corrected chi connectivity index (χ1v) is 8.46. The fourth-order valence-corrected chi connectivity index (χ4v) is 2.78. The molecule has 0 aliphatic carbocycles. The van der Waals surface area contributed by atoms with Crippen LogP contribution < -0.4 is 10.6 Å². The highest BCUT2D eigenvalue weighted by Gasteiger charge is 2.35. The predicted octanol–water partition coefficient (Wildman–Crippen LogP) is 2.41. The second-order valence-corrected chi connectivity index (χ2v) is 7.74. The summed E-state index contributed by atoms with van der Waals surface area (Å²) < 4.78 is 5.45. The predicted molar refractivity (Wildman–Crippen MR) is 91.9 cm³/mol. The van der Waals surface area contributed by atoms with Crippen molar-refractivity contribution in [2.45, 2.75) is 72.6 Å². The summed E-state index contributed by atoms with van der Waals surface area (Å²) in [6.45, 7) is 14.3. The van der Waals surface area contributed by atoms with Crippen LogP contribution >= 0.6 is 0 Å². The van der Waals surface area contributed by atoms with Gasteiger partial charge in [0, 0.05) is 12.5 Å². The van der Waals surface area contributed by atoms with E-state index >= 15 is 0 Å². The Balaban J connectivity index is 2.77. The SMILES string of the molecule is C/C=C1\CN[C@@H](C(=O)N[C@@H](CC(C)C)C(=O)OC(C)(C)C)[C@@H]1C. The van der Waals surface area contributed by atoms with Crippen molar-refractivity contribution in [1.29, 1.82) is 0 Å². The van der Waals surface area contributed by atoms with Gasteiger partial charge in [0.2, 0.25) is 5.91 Å². The lowest BCUT2D eigenvalue weighted by Crippen LogP contribution is -2.51. The number of hydrogen-bond acceptors (Lipinski definition) is 4. The Morgan fingerprint density at radius 1 is 1.39 bits per heavy atom. The second kappa shape index (κ2) is 7.95. The standard InChI is InChI=1S/C18H32N2O3/c1-8-13-10-19-15(12(13)4)16(21)20-14(9-11(2)3)17(22)23-18(5,6)7/h8,11-12,14-15,19H,9-10H2,1-7H3,(H,20,21)/b13-8+/t12-,14+,15-/m1/s1. The van der Waals surface area contributed by atoms with Crippen LogP contribution in [0.1, 0.15) is 54.9 Å². The summed E-state index contributed by atoms with van der Waals surface area (Å²) in [6, 6.07) is -0.899. The van der Waals surface area contributed by atoms with E-state index in [2.05, 4.69) is 10.6 Å². The number of hydrogen-bond donors (Lipinski definition) is 2. The molecule has 1 aliphatic rings. The van der Waals surface area contributed by atoms with Gasteiger partial charge in [-0.2, -0.15) is 0 Å². The summed E-state index contributed by atoms with van der Waals surface area (Å²) in [5.41, 5.74) is 0.663. The van der Waals surface area contributed by atoms with E-state index in [0.717, 1.165) is 6.54 Å². The molecule has 0 saturated carbocycles. The van der Waals surface area contributed by atoms with Crippen LogP contribution in [0.25, 0.3) is 0 Å². The zero-order chi connectivity index (χ0) is 17.8. The van der Waals surface area contributed by atoms with E-state index in [1.54, 1.807) is 0 Å². The minimum absolute atomic E-state index is 0.133. The van der Waals surface area contributed by atoms with Crippen LogP contribution in [-0.2, 0) is 14.3 Å². The molecule has 1 aliphatic heterocycles. The van der Waals surface area contributed by atoms with Crippen molar-refractivity contribution in [2.24, 2.45) is 11.8 Å². The fourth-order valence-electron chi connectivity index (χ4n) is 2.78. The number of carbonyl (C=O) groups excluding carboxylic acids is 2. The molecular formula is C18H32N2O3. The minimum atomic E-state index is -0.606. The van der Waals surface area contributed by atoms with Gasteiger partial charge in [-0.3, -0.25) is 4.79 Å².